The highest BCUT2D eigenvalue weighted by molar-refractivity contribution is 7.92. The van der Waals surface area contributed by atoms with Crippen LogP contribution < -0.4 is 14.4 Å². The van der Waals surface area contributed by atoms with Gasteiger partial charge in [-0.3, -0.25) is 13.9 Å². The van der Waals surface area contributed by atoms with Gasteiger partial charge in [0, 0.05) is 26.1 Å². The molecule has 1 N–H and O–H groups in total. The van der Waals surface area contributed by atoms with Crippen LogP contribution in [-0.4, -0.2) is 57.6 Å². The maximum Gasteiger partial charge on any atom is 0.242 e. The Morgan fingerprint density at radius 2 is 1.78 bits per heavy atom. The van der Waals surface area contributed by atoms with Crippen LogP contribution in [0.25, 0.3) is 0 Å². The van der Waals surface area contributed by atoms with E-state index >= 15 is 0 Å². The number of methoxy groups -OCH3 is 1. The molecule has 36 heavy (non-hydrogen) atoms. The molecule has 0 spiro atoms. The van der Waals surface area contributed by atoms with Crippen LogP contribution in [0, 0.1) is 6.92 Å². The zero-order valence-electron chi connectivity index (χ0n) is 22.0. The van der Waals surface area contributed by atoms with Crippen LogP contribution in [0.2, 0.25) is 0 Å². The first kappa shape index (κ1) is 29.2. The minimum absolute atomic E-state index is 0.106. The SMILES string of the molecule is CCCCNC(=O)[C@@H](C)N(Cc1cccc(OC)c1)C(=O)CCCN(c1ccc(C)cc1)S(C)(=O)=O. The number of sulfonamides is 1. The van der Waals surface area contributed by atoms with Crippen molar-refractivity contribution < 1.29 is 22.7 Å². The fourth-order valence-electron chi connectivity index (χ4n) is 3.80. The molecule has 0 aliphatic heterocycles. The molecule has 8 nitrogen and oxygen atoms in total. The monoisotopic (exact) mass is 517 g/mol. The third kappa shape index (κ3) is 8.86. The van der Waals surface area contributed by atoms with Crippen molar-refractivity contribution in [1.82, 2.24) is 10.2 Å². The highest BCUT2D eigenvalue weighted by Crippen LogP contribution is 2.20. The molecule has 0 saturated carbocycles. The summed E-state index contributed by atoms with van der Waals surface area (Å²) >= 11 is 0. The first-order valence-electron chi connectivity index (χ1n) is 12.3. The number of amides is 2. The van der Waals surface area contributed by atoms with Crippen molar-refractivity contribution in [2.75, 3.05) is 30.8 Å². The second-order valence-corrected chi connectivity index (χ2v) is 10.9. The number of nitrogens with one attached hydrogen (secondary N) is 1. The van der Waals surface area contributed by atoms with E-state index in [9.17, 15) is 18.0 Å². The molecule has 0 heterocycles. The first-order valence-corrected chi connectivity index (χ1v) is 14.2. The van der Waals surface area contributed by atoms with Crippen molar-refractivity contribution in [1.29, 1.82) is 0 Å². The van der Waals surface area contributed by atoms with Crippen LogP contribution in [0.3, 0.4) is 0 Å². The number of benzene rings is 2. The molecular weight excluding hydrogens is 478 g/mol. The number of carbonyl (C=O) groups excluding carboxylic acids is 2. The minimum atomic E-state index is -3.52. The smallest absolute Gasteiger partial charge is 0.242 e. The van der Waals surface area contributed by atoms with E-state index in [1.807, 2.05) is 50.2 Å². The summed E-state index contributed by atoms with van der Waals surface area (Å²) in [5.41, 5.74) is 2.43. The van der Waals surface area contributed by atoms with Crippen LogP contribution in [0.15, 0.2) is 48.5 Å². The number of aryl methyl sites for hydroxylation is 1. The summed E-state index contributed by atoms with van der Waals surface area (Å²) in [6.07, 6.45) is 3.40. The van der Waals surface area contributed by atoms with Gasteiger partial charge in [-0.05, 0) is 56.5 Å². The number of nitrogens with zero attached hydrogens (tertiary/aromatic N) is 2. The van der Waals surface area contributed by atoms with Crippen molar-refractivity contribution in [2.24, 2.45) is 0 Å². The van der Waals surface area contributed by atoms with Crippen molar-refractivity contribution in [3.63, 3.8) is 0 Å². The van der Waals surface area contributed by atoms with Gasteiger partial charge < -0.3 is 15.0 Å². The summed E-state index contributed by atoms with van der Waals surface area (Å²) in [7, 11) is -1.94. The number of unbranched alkanes of at least 4 members (excludes halogenated alkanes) is 1. The maximum atomic E-state index is 13.3. The van der Waals surface area contributed by atoms with E-state index in [1.165, 1.54) is 4.31 Å². The lowest BCUT2D eigenvalue weighted by Crippen LogP contribution is -2.48. The van der Waals surface area contributed by atoms with Gasteiger partial charge in [0.25, 0.3) is 0 Å². The van der Waals surface area contributed by atoms with Gasteiger partial charge in [0.15, 0.2) is 0 Å². The van der Waals surface area contributed by atoms with Gasteiger partial charge >= 0.3 is 0 Å². The van der Waals surface area contributed by atoms with Crippen LogP contribution in [-0.2, 0) is 26.2 Å². The minimum Gasteiger partial charge on any atom is -0.497 e. The van der Waals surface area contributed by atoms with Gasteiger partial charge in [0.2, 0.25) is 21.8 Å². The van der Waals surface area contributed by atoms with Crippen LogP contribution in [0.4, 0.5) is 5.69 Å². The zero-order chi connectivity index (χ0) is 26.7. The molecule has 0 saturated heterocycles. The molecule has 2 amide bonds. The van der Waals surface area contributed by atoms with E-state index in [-0.39, 0.29) is 31.3 Å². The van der Waals surface area contributed by atoms with E-state index in [0.717, 1.165) is 30.2 Å². The second kappa shape index (κ2) is 13.9. The standard InChI is InChI=1S/C27H39N3O5S/c1-6-7-17-28-27(32)22(3)29(20-23-10-8-11-25(19-23)35-4)26(31)12-9-18-30(36(5,33)34)24-15-13-21(2)14-16-24/h8,10-11,13-16,19,22H,6-7,9,12,17-18,20H2,1-5H3,(H,28,32)/t22-/m1/s1. The van der Waals surface area contributed by atoms with Gasteiger partial charge in [-0.1, -0.05) is 43.2 Å². The molecule has 198 valence electrons. The Kier molecular flexibility index (Phi) is 11.2. The molecule has 0 aliphatic rings. The number of carbonyl (C=O) groups is 2. The van der Waals surface area contributed by atoms with Gasteiger partial charge in [-0.25, -0.2) is 8.42 Å². The topological polar surface area (TPSA) is 96.0 Å². The molecular formula is C27H39N3O5S. The lowest BCUT2D eigenvalue weighted by atomic mass is 10.1. The normalized spacial score (nSPS) is 12.0. The van der Waals surface area contributed by atoms with E-state index in [1.54, 1.807) is 31.1 Å². The molecule has 0 unspecified atom stereocenters. The van der Waals surface area contributed by atoms with E-state index in [0.29, 0.717) is 24.4 Å². The maximum absolute atomic E-state index is 13.3. The Morgan fingerprint density at radius 1 is 1.08 bits per heavy atom. The van der Waals surface area contributed by atoms with Crippen molar-refractivity contribution in [2.45, 2.75) is 59.0 Å². The molecule has 0 aromatic heterocycles. The highest BCUT2D eigenvalue weighted by Gasteiger charge is 2.26. The van der Waals surface area contributed by atoms with Gasteiger partial charge in [-0.15, -0.1) is 0 Å². The highest BCUT2D eigenvalue weighted by atomic mass is 32.2. The van der Waals surface area contributed by atoms with Gasteiger partial charge in [0.1, 0.15) is 11.8 Å². The Bertz CT molecular complexity index is 1100. The zero-order valence-corrected chi connectivity index (χ0v) is 22.8. The Balaban J connectivity index is 2.16. The fourth-order valence-corrected chi connectivity index (χ4v) is 4.77. The van der Waals surface area contributed by atoms with Crippen molar-refractivity contribution >= 4 is 27.5 Å². The summed E-state index contributed by atoms with van der Waals surface area (Å²) in [6.45, 7) is 6.66. The predicted octanol–water partition coefficient (Wildman–Crippen LogP) is 3.88. The quantitative estimate of drug-likeness (QED) is 0.384. The predicted molar refractivity (Wildman–Crippen MR) is 144 cm³/mol. The number of anilines is 1. The molecule has 1 atom stereocenters. The van der Waals surface area contributed by atoms with Crippen LogP contribution in [0.1, 0.15) is 50.7 Å². The molecule has 2 aromatic rings. The third-order valence-electron chi connectivity index (χ3n) is 5.96. The lowest BCUT2D eigenvalue weighted by Gasteiger charge is -2.29. The van der Waals surface area contributed by atoms with Gasteiger partial charge in [-0.2, -0.15) is 0 Å². The third-order valence-corrected chi connectivity index (χ3v) is 7.15. The average Bonchev–Trinajstić information content (AvgIpc) is 2.85. The van der Waals surface area contributed by atoms with Gasteiger partial charge in [0.05, 0.1) is 19.1 Å². The lowest BCUT2D eigenvalue weighted by molar-refractivity contribution is -0.140. The van der Waals surface area contributed by atoms with Crippen LogP contribution >= 0.6 is 0 Å². The number of hydrogen-bond donors (Lipinski definition) is 1. The molecule has 2 aromatic carbocycles. The van der Waals surface area contributed by atoms with E-state index in [4.69, 9.17) is 4.74 Å². The molecule has 0 bridgehead atoms. The summed E-state index contributed by atoms with van der Waals surface area (Å²) in [5, 5.41) is 2.90. The van der Waals surface area contributed by atoms with Crippen molar-refractivity contribution in [3.05, 3.63) is 59.7 Å². The molecule has 9 heteroatoms. The second-order valence-electron chi connectivity index (χ2n) is 8.97. The Morgan fingerprint density at radius 3 is 2.39 bits per heavy atom. The summed E-state index contributed by atoms with van der Waals surface area (Å²) in [6, 6.07) is 13.9. The Labute approximate surface area is 215 Å². The molecule has 0 fully saturated rings. The number of hydrogen-bond acceptors (Lipinski definition) is 5. The van der Waals surface area contributed by atoms with E-state index < -0.39 is 16.1 Å². The summed E-state index contributed by atoms with van der Waals surface area (Å²) in [5.74, 6) is 0.243. The average molecular weight is 518 g/mol. The Hall–Kier alpha value is -3.07. The number of rotatable bonds is 14. The molecule has 0 radical (unpaired) electrons. The number of ether oxygens (including phenoxy) is 1. The van der Waals surface area contributed by atoms with Crippen LogP contribution in [0.5, 0.6) is 5.75 Å². The van der Waals surface area contributed by atoms with E-state index in [2.05, 4.69) is 5.32 Å². The molecule has 0 aliphatic carbocycles. The summed E-state index contributed by atoms with van der Waals surface area (Å²) < 4.78 is 31.4. The fraction of sp³-hybridized carbons (Fsp3) is 0.481. The molecule has 2 rings (SSSR count). The first-order chi connectivity index (χ1) is 17.1. The largest absolute Gasteiger partial charge is 0.497 e. The van der Waals surface area contributed by atoms with Crippen molar-refractivity contribution in [3.8, 4) is 5.75 Å². The summed E-state index contributed by atoms with van der Waals surface area (Å²) in [4.78, 5) is 27.7.